The van der Waals surface area contributed by atoms with E-state index >= 15 is 0 Å². The summed E-state index contributed by atoms with van der Waals surface area (Å²) in [5.74, 6) is -3.31. The van der Waals surface area contributed by atoms with Crippen molar-refractivity contribution >= 4 is 29.1 Å². The highest BCUT2D eigenvalue weighted by molar-refractivity contribution is 6.31. The predicted molar refractivity (Wildman–Crippen MR) is 145 cm³/mol. The first kappa shape index (κ1) is 28.0. The van der Waals surface area contributed by atoms with Gasteiger partial charge in [0.2, 0.25) is 5.95 Å². The molecule has 0 saturated carbocycles. The van der Waals surface area contributed by atoms with Crippen LogP contribution in [0.25, 0.3) is 17.1 Å². The van der Waals surface area contributed by atoms with Gasteiger partial charge in [-0.3, -0.25) is 9.59 Å². The van der Waals surface area contributed by atoms with Crippen LogP contribution in [0.2, 0.25) is 5.02 Å². The molecule has 0 saturated heterocycles. The number of fused-ring (bicyclic) bond motifs is 1. The van der Waals surface area contributed by atoms with Gasteiger partial charge in [0.05, 0.1) is 17.8 Å². The lowest BCUT2D eigenvalue weighted by Gasteiger charge is -2.19. The van der Waals surface area contributed by atoms with E-state index in [0.717, 1.165) is 12.1 Å². The number of amides is 2. The highest BCUT2D eigenvalue weighted by atomic mass is 35.5. The lowest BCUT2D eigenvalue weighted by molar-refractivity contribution is -0.137. The largest absolute Gasteiger partial charge is 0.416 e. The third kappa shape index (κ3) is 5.42. The van der Waals surface area contributed by atoms with Crippen LogP contribution in [-0.4, -0.2) is 31.6 Å². The Balaban J connectivity index is 1.48. The molecule has 5 aromatic rings. The van der Waals surface area contributed by atoms with Crippen LogP contribution >= 0.6 is 11.6 Å². The molecule has 216 valence electrons. The van der Waals surface area contributed by atoms with Gasteiger partial charge in [0.1, 0.15) is 11.6 Å². The summed E-state index contributed by atoms with van der Waals surface area (Å²) in [6.45, 7) is 0. The highest BCUT2D eigenvalue weighted by Gasteiger charge is 2.36. The fourth-order valence-corrected chi connectivity index (χ4v) is 4.97. The van der Waals surface area contributed by atoms with Crippen LogP contribution in [0.3, 0.4) is 0 Å². The number of carbonyl (C=O) groups is 2. The monoisotopic (exact) mass is 610 g/mol. The molecule has 2 amide bonds. The molecule has 1 unspecified atom stereocenters. The zero-order valence-corrected chi connectivity index (χ0v) is 22.2. The van der Waals surface area contributed by atoms with Crippen LogP contribution in [0.5, 0.6) is 0 Å². The summed E-state index contributed by atoms with van der Waals surface area (Å²) in [7, 11) is 0. The van der Waals surface area contributed by atoms with Crippen molar-refractivity contribution in [3.8, 4) is 17.1 Å². The van der Waals surface area contributed by atoms with Crippen molar-refractivity contribution in [2.75, 3.05) is 5.32 Å². The summed E-state index contributed by atoms with van der Waals surface area (Å²) >= 11 is 6.33. The number of nitrogens with one attached hydrogen (secondary N) is 2. The van der Waals surface area contributed by atoms with Crippen LogP contribution in [0.15, 0.2) is 79.4 Å². The van der Waals surface area contributed by atoms with E-state index in [1.54, 1.807) is 12.3 Å². The van der Waals surface area contributed by atoms with Crippen molar-refractivity contribution in [3.63, 3.8) is 0 Å². The molecule has 0 radical (unpaired) electrons. The number of aromatic nitrogens is 4. The summed E-state index contributed by atoms with van der Waals surface area (Å²) in [5, 5.41) is 9.58. The molecule has 43 heavy (non-hydrogen) atoms. The van der Waals surface area contributed by atoms with Gasteiger partial charge in [-0.2, -0.15) is 18.3 Å². The standard InChI is InChI=1S/C29H16ClF5N6O2/c30-22-3-2-18(31)11-20(22)25-24-21(27(43)40-25)8-14(16-12-38-41(13-16)28-36-4-1-5-37-28)9-23(24)39-26(42)15-6-17(29(33,34)35)10-19(32)7-15/h1-13,25H,(H,39,42)(H,40,43). The van der Waals surface area contributed by atoms with Crippen molar-refractivity contribution < 1.29 is 31.5 Å². The highest BCUT2D eigenvalue weighted by Crippen LogP contribution is 2.42. The van der Waals surface area contributed by atoms with Crippen molar-refractivity contribution in [2.24, 2.45) is 0 Å². The molecule has 1 aliphatic rings. The normalized spacial score (nSPS) is 14.4. The van der Waals surface area contributed by atoms with Gasteiger partial charge in [-0.1, -0.05) is 11.6 Å². The van der Waals surface area contributed by atoms with Gasteiger partial charge in [0.25, 0.3) is 11.8 Å². The number of benzene rings is 3. The van der Waals surface area contributed by atoms with Gasteiger partial charge in [-0.25, -0.2) is 23.4 Å². The lowest BCUT2D eigenvalue weighted by atomic mass is 9.93. The van der Waals surface area contributed by atoms with Crippen molar-refractivity contribution in [1.29, 1.82) is 0 Å². The number of halogens is 6. The average Bonchev–Trinajstić information content (AvgIpc) is 3.59. The number of nitrogens with zero attached hydrogens (tertiary/aromatic N) is 4. The molecule has 0 aliphatic carbocycles. The third-order valence-electron chi connectivity index (χ3n) is 6.67. The molecule has 8 nitrogen and oxygen atoms in total. The molecule has 14 heteroatoms. The maximum absolute atomic E-state index is 14.2. The van der Waals surface area contributed by atoms with Crippen molar-refractivity contribution in [2.45, 2.75) is 12.2 Å². The molecule has 3 heterocycles. The van der Waals surface area contributed by atoms with Crippen molar-refractivity contribution in [1.82, 2.24) is 25.1 Å². The zero-order valence-electron chi connectivity index (χ0n) is 21.5. The minimum absolute atomic E-state index is 0.0114. The Labute approximate surface area is 244 Å². The second-order valence-corrected chi connectivity index (χ2v) is 9.87. The van der Waals surface area contributed by atoms with E-state index in [1.807, 2.05) is 0 Å². The fourth-order valence-electron chi connectivity index (χ4n) is 4.74. The first-order valence-corrected chi connectivity index (χ1v) is 12.8. The summed E-state index contributed by atoms with van der Waals surface area (Å²) in [6.07, 6.45) is 1.16. The first-order valence-electron chi connectivity index (χ1n) is 12.4. The minimum atomic E-state index is -4.91. The topological polar surface area (TPSA) is 102 Å². The SMILES string of the molecule is O=C(Nc1cc(-c2cnn(-c3ncccn3)c2)cc2c1C(c1cc(F)ccc1Cl)NC2=O)c1cc(F)cc(C(F)(F)F)c1. The first-order chi connectivity index (χ1) is 20.5. The number of anilines is 1. The predicted octanol–water partition coefficient (Wildman–Crippen LogP) is 6.36. The van der Waals surface area contributed by atoms with Crippen LogP contribution in [0.4, 0.5) is 27.6 Å². The molecular weight excluding hydrogens is 595 g/mol. The molecular formula is C29H16ClF5N6O2. The summed E-state index contributed by atoms with van der Waals surface area (Å²) in [4.78, 5) is 34.7. The maximum Gasteiger partial charge on any atom is 0.416 e. The Hall–Kier alpha value is -5.17. The summed E-state index contributed by atoms with van der Waals surface area (Å²) in [5.41, 5.74) is -0.688. The molecule has 0 bridgehead atoms. The minimum Gasteiger partial charge on any atom is -0.341 e. The van der Waals surface area contributed by atoms with E-state index in [0.29, 0.717) is 23.3 Å². The molecule has 0 fully saturated rings. The van der Waals surface area contributed by atoms with Gasteiger partial charge in [-0.15, -0.1) is 0 Å². The van der Waals surface area contributed by atoms with Gasteiger partial charge in [0.15, 0.2) is 0 Å². The number of hydrogen-bond donors (Lipinski definition) is 2. The Kier molecular flexibility index (Phi) is 6.89. The van der Waals surface area contributed by atoms with Crippen LogP contribution in [0, 0.1) is 11.6 Å². The second-order valence-electron chi connectivity index (χ2n) is 9.46. The van der Waals surface area contributed by atoms with Crippen molar-refractivity contribution in [3.05, 3.63) is 124 Å². The zero-order chi connectivity index (χ0) is 30.5. The molecule has 1 atom stereocenters. The number of alkyl halides is 3. The Morgan fingerprint density at radius 1 is 0.977 bits per heavy atom. The van der Waals surface area contributed by atoms with E-state index in [9.17, 15) is 31.5 Å². The van der Waals surface area contributed by atoms with E-state index in [-0.39, 0.29) is 39.4 Å². The lowest BCUT2D eigenvalue weighted by Crippen LogP contribution is -2.21. The molecule has 0 spiro atoms. The van der Waals surface area contributed by atoms with Crippen LogP contribution in [0.1, 0.15) is 43.4 Å². The fraction of sp³-hybridized carbons (Fsp3) is 0.0690. The maximum atomic E-state index is 14.2. The molecule has 3 aromatic carbocycles. The Morgan fingerprint density at radius 3 is 2.49 bits per heavy atom. The molecule has 2 aromatic heterocycles. The quantitative estimate of drug-likeness (QED) is 0.225. The number of carbonyl (C=O) groups excluding carboxylic acids is 2. The number of hydrogen-bond acceptors (Lipinski definition) is 5. The molecule has 1 aliphatic heterocycles. The second kappa shape index (κ2) is 10.6. The summed E-state index contributed by atoms with van der Waals surface area (Å²) < 4.78 is 69.7. The molecule has 2 N–H and O–H groups in total. The van der Waals surface area contributed by atoms with E-state index < -0.39 is 46.8 Å². The van der Waals surface area contributed by atoms with Crippen LogP contribution in [-0.2, 0) is 6.18 Å². The van der Waals surface area contributed by atoms with E-state index in [1.165, 1.54) is 41.5 Å². The Morgan fingerprint density at radius 2 is 1.74 bits per heavy atom. The van der Waals surface area contributed by atoms with Gasteiger partial charge >= 0.3 is 6.18 Å². The third-order valence-corrected chi connectivity index (χ3v) is 7.01. The van der Waals surface area contributed by atoms with Gasteiger partial charge < -0.3 is 10.6 Å². The van der Waals surface area contributed by atoms with Gasteiger partial charge in [-0.05, 0) is 60.2 Å². The van der Waals surface area contributed by atoms with Crippen LogP contribution < -0.4 is 10.6 Å². The number of rotatable bonds is 5. The van der Waals surface area contributed by atoms with Gasteiger partial charge in [0, 0.05) is 57.1 Å². The van der Waals surface area contributed by atoms with E-state index in [2.05, 4.69) is 25.7 Å². The summed E-state index contributed by atoms with van der Waals surface area (Å²) in [6, 6.07) is 8.56. The average molecular weight is 611 g/mol. The Bertz CT molecular complexity index is 1910. The van der Waals surface area contributed by atoms with E-state index in [4.69, 9.17) is 11.6 Å². The molecule has 6 rings (SSSR count). The smallest absolute Gasteiger partial charge is 0.341 e.